The molecule has 0 aromatic carbocycles. The maximum atomic E-state index is 11.5. The normalized spacial score (nSPS) is 19.9. The van der Waals surface area contributed by atoms with Gasteiger partial charge < -0.3 is 15.6 Å². The molecule has 0 radical (unpaired) electrons. The lowest BCUT2D eigenvalue weighted by molar-refractivity contribution is 0.0984. The van der Waals surface area contributed by atoms with Crippen molar-refractivity contribution in [3.05, 3.63) is 24.0 Å². The van der Waals surface area contributed by atoms with E-state index in [2.05, 4.69) is 15.6 Å². The minimum absolute atomic E-state index is 0. The van der Waals surface area contributed by atoms with Gasteiger partial charge >= 0.3 is 0 Å². The second kappa shape index (κ2) is 5.90. The van der Waals surface area contributed by atoms with Crippen LogP contribution in [0, 0.1) is 0 Å². The molecule has 1 saturated heterocycles. The van der Waals surface area contributed by atoms with Crippen LogP contribution in [0.25, 0.3) is 0 Å². The van der Waals surface area contributed by atoms with Crippen molar-refractivity contribution in [2.75, 3.05) is 19.6 Å². The third-order valence-electron chi connectivity index (χ3n) is 2.51. The number of Topliss-reactive ketones (excluding diaryl/α,β-unsaturated/α-hetero) is 1. The molecule has 0 aliphatic carbocycles. The highest BCUT2D eigenvalue weighted by molar-refractivity contribution is 5.95. The van der Waals surface area contributed by atoms with Gasteiger partial charge in [0.1, 0.15) is 0 Å². The average Bonchev–Trinajstić information content (AvgIpc) is 2.87. The fourth-order valence-corrected chi connectivity index (χ4v) is 1.66. The van der Waals surface area contributed by atoms with Gasteiger partial charge in [-0.1, -0.05) is 0 Å². The van der Waals surface area contributed by atoms with Crippen molar-refractivity contribution in [1.29, 1.82) is 0 Å². The summed E-state index contributed by atoms with van der Waals surface area (Å²) >= 11 is 0. The number of H-pyrrole nitrogens is 1. The summed E-state index contributed by atoms with van der Waals surface area (Å²) in [5.41, 5.74) is 0.684. The van der Waals surface area contributed by atoms with Gasteiger partial charge in [-0.2, -0.15) is 0 Å². The Bertz CT molecular complexity index is 294. The molecule has 1 aliphatic rings. The zero-order valence-corrected chi connectivity index (χ0v) is 9.27. The van der Waals surface area contributed by atoms with E-state index in [9.17, 15) is 4.79 Å². The monoisotopic (exact) mass is 229 g/mol. The molecule has 15 heavy (non-hydrogen) atoms. The lowest BCUT2D eigenvalue weighted by Crippen LogP contribution is -2.35. The molecule has 2 rings (SSSR count). The molecule has 0 bridgehead atoms. The molecule has 1 aliphatic heterocycles. The Morgan fingerprint density at radius 3 is 3.07 bits per heavy atom. The predicted octanol–water partition coefficient (Wildman–Crippen LogP) is 0.571. The summed E-state index contributed by atoms with van der Waals surface area (Å²) in [7, 11) is 0. The number of halogens is 1. The van der Waals surface area contributed by atoms with Gasteiger partial charge in [-0.05, 0) is 25.1 Å². The van der Waals surface area contributed by atoms with Crippen LogP contribution in [-0.2, 0) is 0 Å². The van der Waals surface area contributed by atoms with E-state index >= 15 is 0 Å². The van der Waals surface area contributed by atoms with Gasteiger partial charge in [0, 0.05) is 18.8 Å². The van der Waals surface area contributed by atoms with Crippen LogP contribution < -0.4 is 10.6 Å². The molecule has 1 aromatic heterocycles. The second-order valence-electron chi connectivity index (χ2n) is 3.58. The zero-order chi connectivity index (χ0) is 9.80. The van der Waals surface area contributed by atoms with Crippen LogP contribution >= 0.6 is 12.4 Å². The van der Waals surface area contributed by atoms with Gasteiger partial charge in [-0.15, -0.1) is 12.4 Å². The summed E-state index contributed by atoms with van der Waals surface area (Å²) in [6, 6.07) is 4.09. The first-order valence-corrected chi connectivity index (χ1v) is 4.97. The number of ketones is 1. The lowest BCUT2D eigenvalue weighted by atomic mass is 10.2. The van der Waals surface area contributed by atoms with E-state index in [1.54, 1.807) is 12.3 Å². The Morgan fingerprint density at radius 2 is 2.47 bits per heavy atom. The van der Waals surface area contributed by atoms with Gasteiger partial charge in [0.15, 0.2) is 5.78 Å². The highest BCUT2D eigenvalue weighted by Gasteiger charge is 2.15. The van der Waals surface area contributed by atoms with E-state index in [4.69, 9.17) is 0 Å². The topological polar surface area (TPSA) is 56.9 Å². The third-order valence-corrected chi connectivity index (χ3v) is 2.51. The molecule has 3 N–H and O–H groups in total. The average molecular weight is 230 g/mol. The van der Waals surface area contributed by atoms with E-state index in [1.807, 2.05) is 6.07 Å². The molecular weight excluding hydrogens is 214 g/mol. The van der Waals surface area contributed by atoms with Gasteiger partial charge in [0.05, 0.1) is 12.2 Å². The number of carbonyl (C=O) groups is 1. The van der Waals surface area contributed by atoms with E-state index in [1.165, 1.54) is 0 Å². The Labute approximate surface area is 95.2 Å². The molecule has 1 aromatic rings. The Kier molecular flexibility index (Phi) is 4.81. The zero-order valence-electron chi connectivity index (χ0n) is 8.45. The molecule has 84 valence electrons. The van der Waals surface area contributed by atoms with Crippen LogP contribution in [0.3, 0.4) is 0 Å². The molecule has 2 heterocycles. The SMILES string of the molecule is Cl.O=C(CNC1CCNC1)c1ccc[nH]1. The summed E-state index contributed by atoms with van der Waals surface area (Å²) in [4.78, 5) is 14.5. The second-order valence-corrected chi connectivity index (χ2v) is 3.58. The first-order chi connectivity index (χ1) is 6.86. The number of aromatic nitrogens is 1. The van der Waals surface area contributed by atoms with Crippen LogP contribution in [-0.4, -0.2) is 36.4 Å². The van der Waals surface area contributed by atoms with Crippen molar-refractivity contribution in [3.8, 4) is 0 Å². The summed E-state index contributed by atoms with van der Waals surface area (Å²) < 4.78 is 0. The van der Waals surface area contributed by atoms with Crippen molar-refractivity contribution in [2.45, 2.75) is 12.5 Å². The highest BCUT2D eigenvalue weighted by atomic mass is 35.5. The molecule has 1 fully saturated rings. The number of rotatable bonds is 4. The lowest BCUT2D eigenvalue weighted by Gasteiger charge is -2.09. The van der Waals surface area contributed by atoms with E-state index in [-0.39, 0.29) is 18.2 Å². The van der Waals surface area contributed by atoms with Gasteiger partial charge in [-0.3, -0.25) is 4.79 Å². The smallest absolute Gasteiger partial charge is 0.192 e. The Balaban J connectivity index is 0.00000112. The number of carbonyl (C=O) groups excluding carboxylic acids is 1. The van der Waals surface area contributed by atoms with Crippen molar-refractivity contribution in [1.82, 2.24) is 15.6 Å². The largest absolute Gasteiger partial charge is 0.359 e. The Morgan fingerprint density at radius 1 is 1.60 bits per heavy atom. The summed E-state index contributed by atoms with van der Waals surface area (Å²) in [5.74, 6) is 0.127. The molecule has 1 atom stereocenters. The molecule has 5 heteroatoms. The number of hydrogen-bond acceptors (Lipinski definition) is 3. The minimum atomic E-state index is 0. The molecule has 1 unspecified atom stereocenters. The van der Waals surface area contributed by atoms with E-state index < -0.39 is 0 Å². The standard InChI is InChI=1S/C10H15N3O.ClH/c14-10(9-2-1-4-12-9)7-13-8-3-5-11-6-8;/h1-2,4,8,11-13H,3,5-7H2;1H. The molecule has 0 amide bonds. The van der Waals surface area contributed by atoms with E-state index in [0.29, 0.717) is 18.3 Å². The number of hydrogen-bond donors (Lipinski definition) is 3. The Hall–Kier alpha value is -0.840. The van der Waals surface area contributed by atoms with E-state index in [0.717, 1.165) is 19.5 Å². The van der Waals surface area contributed by atoms with Crippen molar-refractivity contribution < 1.29 is 4.79 Å². The van der Waals surface area contributed by atoms with Gasteiger partial charge in [0.2, 0.25) is 0 Å². The van der Waals surface area contributed by atoms with Crippen LogP contribution in [0.4, 0.5) is 0 Å². The summed E-state index contributed by atoms with van der Waals surface area (Å²) in [6.07, 6.45) is 2.88. The maximum Gasteiger partial charge on any atom is 0.192 e. The van der Waals surface area contributed by atoms with Crippen LogP contribution in [0.5, 0.6) is 0 Å². The summed E-state index contributed by atoms with van der Waals surface area (Å²) in [6.45, 7) is 2.44. The fourth-order valence-electron chi connectivity index (χ4n) is 1.66. The number of aromatic amines is 1. The summed E-state index contributed by atoms with van der Waals surface area (Å²) in [5, 5.41) is 6.49. The van der Waals surface area contributed by atoms with Crippen molar-refractivity contribution in [2.24, 2.45) is 0 Å². The first-order valence-electron chi connectivity index (χ1n) is 4.97. The van der Waals surface area contributed by atoms with Crippen LogP contribution in [0.2, 0.25) is 0 Å². The molecular formula is C10H16ClN3O. The molecule has 0 spiro atoms. The van der Waals surface area contributed by atoms with Crippen molar-refractivity contribution in [3.63, 3.8) is 0 Å². The number of nitrogens with one attached hydrogen (secondary N) is 3. The van der Waals surface area contributed by atoms with Gasteiger partial charge in [0.25, 0.3) is 0 Å². The van der Waals surface area contributed by atoms with Crippen molar-refractivity contribution >= 4 is 18.2 Å². The first kappa shape index (κ1) is 12.2. The quantitative estimate of drug-likeness (QED) is 0.662. The predicted molar refractivity (Wildman–Crippen MR) is 61.6 cm³/mol. The van der Waals surface area contributed by atoms with Crippen LogP contribution in [0.1, 0.15) is 16.9 Å². The highest BCUT2D eigenvalue weighted by Crippen LogP contribution is 1.99. The fraction of sp³-hybridized carbons (Fsp3) is 0.500. The molecule has 0 saturated carbocycles. The van der Waals surface area contributed by atoms with Gasteiger partial charge in [-0.25, -0.2) is 0 Å². The minimum Gasteiger partial charge on any atom is -0.359 e. The van der Waals surface area contributed by atoms with Crippen LogP contribution in [0.15, 0.2) is 18.3 Å². The maximum absolute atomic E-state index is 11.5. The third kappa shape index (κ3) is 3.34. The molecule has 4 nitrogen and oxygen atoms in total.